The second-order valence-corrected chi connectivity index (χ2v) is 7.38. The van der Waals surface area contributed by atoms with Gasteiger partial charge in [0.2, 0.25) is 0 Å². The van der Waals surface area contributed by atoms with Crippen LogP contribution in [0, 0.1) is 6.92 Å². The van der Waals surface area contributed by atoms with Crippen LogP contribution in [-0.4, -0.2) is 21.8 Å². The van der Waals surface area contributed by atoms with Gasteiger partial charge < -0.3 is 9.32 Å². The minimum atomic E-state index is -0.103. The molecule has 0 N–H and O–H groups in total. The van der Waals surface area contributed by atoms with Crippen molar-refractivity contribution in [1.82, 2.24) is 9.88 Å². The Kier molecular flexibility index (Phi) is 5.25. The molecule has 0 aliphatic carbocycles. The number of aryl methyl sites for hydroxylation is 1. The maximum Gasteiger partial charge on any atom is 0.273 e. The van der Waals surface area contributed by atoms with Gasteiger partial charge in [0.15, 0.2) is 0 Å². The van der Waals surface area contributed by atoms with E-state index in [0.29, 0.717) is 17.3 Å². The van der Waals surface area contributed by atoms with E-state index in [2.05, 4.69) is 4.98 Å². The van der Waals surface area contributed by atoms with E-state index >= 15 is 0 Å². The number of thiazole rings is 1. The first-order valence-corrected chi connectivity index (χ1v) is 9.27. The molecule has 6 heteroatoms. The molecule has 2 heterocycles. The molecule has 1 aromatic carbocycles. The summed E-state index contributed by atoms with van der Waals surface area (Å²) in [5, 5.41) is 3.22. The lowest BCUT2D eigenvalue weighted by atomic mass is 10.2. The van der Waals surface area contributed by atoms with Gasteiger partial charge in [-0.25, -0.2) is 4.98 Å². The van der Waals surface area contributed by atoms with Crippen molar-refractivity contribution in [3.63, 3.8) is 0 Å². The zero-order valence-electron chi connectivity index (χ0n) is 14.3. The molecular weight excluding hydrogens is 356 g/mol. The Morgan fingerprint density at radius 2 is 2.12 bits per heavy atom. The van der Waals surface area contributed by atoms with Gasteiger partial charge in [0.25, 0.3) is 5.91 Å². The zero-order valence-corrected chi connectivity index (χ0v) is 15.9. The standard InChI is InChI=1S/C19H19ClN2O2S/c1-12(2)22(10-16-8-7-13(3)24-16)19(23)17-11-25-18(21-17)14-5-4-6-15(20)9-14/h4-9,11-12H,10H2,1-3H3. The maximum atomic E-state index is 12.9. The summed E-state index contributed by atoms with van der Waals surface area (Å²) in [7, 11) is 0. The first-order valence-electron chi connectivity index (χ1n) is 8.02. The Labute approximate surface area is 156 Å². The van der Waals surface area contributed by atoms with Gasteiger partial charge in [-0.2, -0.15) is 0 Å². The van der Waals surface area contributed by atoms with Crippen LogP contribution >= 0.6 is 22.9 Å². The number of carbonyl (C=O) groups is 1. The van der Waals surface area contributed by atoms with Crippen molar-refractivity contribution in [2.75, 3.05) is 0 Å². The van der Waals surface area contributed by atoms with Crippen LogP contribution in [0.4, 0.5) is 0 Å². The van der Waals surface area contributed by atoms with Gasteiger partial charge in [-0.05, 0) is 45.0 Å². The summed E-state index contributed by atoms with van der Waals surface area (Å²) >= 11 is 7.48. The molecule has 0 fully saturated rings. The number of furan rings is 1. The zero-order chi connectivity index (χ0) is 18.0. The lowest BCUT2D eigenvalue weighted by molar-refractivity contribution is 0.0670. The third kappa shape index (κ3) is 4.11. The summed E-state index contributed by atoms with van der Waals surface area (Å²) in [6.07, 6.45) is 0. The highest BCUT2D eigenvalue weighted by Crippen LogP contribution is 2.27. The van der Waals surface area contributed by atoms with Crippen molar-refractivity contribution in [3.05, 3.63) is 64.0 Å². The molecule has 0 aliphatic rings. The van der Waals surface area contributed by atoms with E-state index < -0.39 is 0 Å². The third-order valence-corrected chi connectivity index (χ3v) is 4.93. The monoisotopic (exact) mass is 374 g/mol. The minimum absolute atomic E-state index is 0.0363. The average Bonchev–Trinajstić information content (AvgIpc) is 3.21. The topological polar surface area (TPSA) is 46.3 Å². The maximum absolute atomic E-state index is 12.9. The SMILES string of the molecule is Cc1ccc(CN(C(=O)c2csc(-c3cccc(Cl)c3)n2)C(C)C)o1. The molecule has 0 unspecified atom stereocenters. The Morgan fingerprint density at radius 1 is 1.32 bits per heavy atom. The quantitative estimate of drug-likeness (QED) is 0.599. The molecule has 0 atom stereocenters. The highest BCUT2D eigenvalue weighted by atomic mass is 35.5. The highest BCUT2D eigenvalue weighted by Gasteiger charge is 2.23. The number of halogens is 1. The van der Waals surface area contributed by atoms with E-state index in [1.54, 1.807) is 10.3 Å². The molecule has 130 valence electrons. The van der Waals surface area contributed by atoms with Gasteiger partial charge in [0, 0.05) is 22.0 Å². The Balaban J connectivity index is 1.83. The lowest BCUT2D eigenvalue weighted by Gasteiger charge is -2.25. The van der Waals surface area contributed by atoms with Crippen molar-refractivity contribution >= 4 is 28.8 Å². The number of nitrogens with zero attached hydrogens (tertiary/aromatic N) is 2. The van der Waals surface area contributed by atoms with E-state index in [1.165, 1.54) is 11.3 Å². The molecule has 0 saturated carbocycles. The second kappa shape index (κ2) is 7.42. The van der Waals surface area contributed by atoms with E-state index in [4.69, 9.17) is 16.0 Å². The Bertz CT molecular complexity index is 885. The number of hydrogen-bond donors (Lipinski definition) is 0. The molecule has 1 amide bonds. The molecule has 0 aliphatic heterocycles. The fraction of sp³-hybridized carbons (Fsp3) is 0.263. The van der Waals surface area contributed by atoms with Crippen LogP contribution < -0.4 is 0 Å². The van der Waals surface area contributed by atoms with Crippen LogP contribution in [0.5, 0.6) is 0 Å². The van der Waals surface area contributed by atoms with Crippen LogP contribution in [0.2, 0.25) is 5.02 Å². The van der Waals surface area contributed by atoms with Crippen LogP contribution in [0.1, 0.15) is 35.9 Å². The van der Waals surface area contributed by atoms with E-state index in [-0.39, 0.29) is 11.9 Å². The van der Waals surface area contributed by atoms with Gasteiger partial charge in [-0.1, -0.05) is 23.7 Å². The summed E-state index contributed by atoms with van der Waals surface area (Å²) in [5.41, 5.74) is 1.35. The normalized spacial score (nSPS) is 11.1. The number of hydrogen-bond acceptors (Lipinski definition) is 4. The van der Waals surface area contributed by atoms with E-state index in [1.807, 2.05) is 57.2 Å². The van der Waals surface area contributed by atoms with Gasteiger partial charge >= 0.3 is 0 Å². The minimum Gasteiger partial charge on any atom is -0.464 e. The van der Waals surface area contributed by atoms with Crippen molar-refractivity contribution in [2.45, 2.75) is 33.4 Å². The number of carbonyl (C=O) groups excluding carboxylic acids is 1. The largest absolute Gasteiger partial charge is 0.464 e. The first-order chi connectivity index (χ1) is 11.9. The van der Waals surface area contributed by atoms with Crippen molar-refractivity contribution < 1.29 is 9.21 Å². The summed E-state index contributed by atoms with van der Waals surface area (Å²) in [6.45, 7) is 6.28. The Morgan fingerprint density at radius 3 is 2.76 bits per heavy atom. The molecule has 0 bridgehead atoms. The van der Waals surface area contributed by atoms with Crippen LogP contribution in [0.3, 0.4) is 0 Å². The van der Waals surface area contributed by atoms with Gasteiger partial charge in [-0.3, -0.25) is 4.79 Å². The van der Waals surface area contributed by atoms with Gasteiger partial charge in [-0.15, -0.1) is 11.3 Å². The molecule has 3 aromatic rings. The number of rotatable bonds is 5. The molecule has 0 spiro atoms. The predicted molar refractivity (Wildman–Crippen MR) is 101 cm³/mol. The summed E-state index contributed by atoms with van der Waals surface area (Å²) in [5.74, 6) is 1.50. The second-order valence-electron chi connectivity index (χ2n) is 6.09. The summed E-state index contributed by atoms with van der Waals surface area (Å²) in [6, 6.07) is 11.3. The molecule has 25 heavy (non-hydrogen) atoms. The third-order valence-electron chi connectivity index (χ3n) is 3.80. The Hall–Kier alpha value is -2.11. The fourth-order valence-electron chi connectivity index (χ4n) is 2.50. The van der Waals surface area contributed by atoms with E-state index in [0.717, 1.165) is 22.1 Å². The smallest absolute Gasteiger partial charge is 0.273 e. The van der Waals surface area contributed by atoms with Crippen LogP contribution in [0.15, 0.2) is 46.2 Å². The fourth-order valence-corrected chi connectivity index (χ4v) is 3.48. The molecule has 3 rings (SSSR count). The molecular formula is C19H19ClN2O2S. The summed E-state index contributed by atoms with van der Waals surface area (Å²) < 4.78 is 5.61. The van der Waals surface area contributed by atoms with Crippen LogP contribution in [-0.2, 0) is 6.54 Å². The first kappa shape index (κ1) is 17.7. The van der Waals surface area contributed by atoms with Crippen molar-refractivity contribution in [1.29, 1.82) is 0 Å². The van der Waals surface area contributed by atoms with E-state index in [9.17, 15) is 4.79 Å². The molecule has 0 radical (unpaired) electrons. The van der Waals surface area contributed by atoms with Gasteiger partial charge in [0.1, 0.15) is 22.2 Å². The average molecular weight is 375 g/mol. The highest BCUT2D eigenvalue weighted by molar-refractivity contribution is 7.13. The van der Waals surface area contributed by atoms with Crippen LogP contribution in [0.25, 0.3) is 10.6 Å². The van der Waals surface area contributed by atoms with Gasteiger partial charge in [0.05, 0.1) is 6.54 Å². The molecule has 4 nitrogen and oxygen atoms in total. The number of benzene rings is 1. The molecule has 0 saturated heterocycles. The number of amides is 1. The number of aromatic nitrogens is 1. The predicted octanol–water partition coefficient (Wildman–Crippen LogP) is 5.42. The van der Waals surface area contributed by atoms with Crippen molar-refractivity contribution in [2.24, 2.45) is 0 Å². The summed E-state index contributed by atoms with van der Waals surface area (Å²) in [4.78, 5) is 19.2. The molecule has 2 aromatic heterocycles. The van der Waals surface area contributed by atoms with Crippen molar-refractivity contribution in [3.8, 4) is 10.6 Å². The lowest BCUT2D eigenvalue weighted by Crippen LogP contribution is -2.36.